The van der Waals surface area contributed by atoms with Crippen molar-refractivity contribution in [3.8, 4) is 17.2 Å². The van der Waals surface area contributed by atoms with Crippen LogP contribution in [-0.4, -0.2) is 18.5 Å². The maximum absolute atomic E-state index is 11.6. The monoisotopic (exact) mass is 336 g/mol. The van der Waals surface area contributed by atoms with Crippen molar-refractivity contribution in [2.45, 2.75) is 65.7 Å². The van der Waals surface area contributed by atoms with Gasteiger partial charge in [0.05, 0.1) is 6.61 Å². The Bertz CT molecular complexity index is 524. The van der Waals surface area contributed by atoms with Gasteiger partial charge in [0.2, 0.25) is 0 Å². The average molecular weight is 336 g/mol. The second-order valence-corrected chi connectivity index (χ2v) is 5.53. The Morgan fingerprint density at radius 3 is 2.08 bits per heavy atom. The molecule has 0 N–H and O–H groups in total. The second-order valence-electron chi connectivity index (χ2n) is 5.53. The summed E-state index contributed by atoms with van der Waals surface area (Å²) in [7, 11) is 0. The fourth-order valence-corrected chi connectivity index (χ4v) is 2.03. The number of carbonyl (C=O) groups excluding carboxylic acids is 2. The van der Waals surface area contributed by atoms with Crippen molar-refractivity contribution < 1.29 is 23.8 Å². The van der Waals surface area contributed by atoms with Crippen LogP contribution in [0.1, 0.15) is 65.7 Å². The Kier molecular flexibility index (Phi) is 9.58. The van der Waals surface area contributed by atoms with E-state index in [9.17, 15) is 9.59 Å². The zero-order valence-corrected chi connectivity index (χ0v) is 14.9. The number of ether oxygens (including phenoxy) is 3. The minimum absolute atomic E-state index is 0.215. The molecule has 0 aromatic heterocycles. The van der Waals surface area contributed by atoms with E-state index in [0.29, 0.717) is 12.4 Å². The summed E-state index contributed by atoms with van der Waals surface area (Å²) >= 11 is 0. The molecule has 1 rings (SSSR count). The maximum atomic E-state index is 11.6. The van der Waals surface area contributed by atoms with Crippen LogP contribution in [0.4, 0.5) is 0 Å². The summed E-state index contributed by atoms with van der Waals surface area (Å²) in [6.45, 7) is 6.20. The lowest BCUT2D eigenvalue weighted by Gasteiger charge is -2.12. The number of benzene rings is 1. The van der Waals surface area contributed by atoms with E-state index < -0.39 is 0 Å². The molecule has 134 valence electrons. The third kappa shape index (κ3) is 7.49. The average Bonchev–Trinajstić information content (AvgIpc) is 2.59. The van der Waals surface area contributed by atoms with E-state index >= 15 is 0 Å². The van der Waals surface area contributed by atoms with Gasteiger partial charge in [-0.05, 0) is 18.6 Å². The molecule has 0 radical (unpaired) electrons. The molecule has 1 aromatic rings. The van der Waals surface area contributed by atoms with Crippen molar-refractivity contribution >= 4 is 11.9 Å². The van der Waals surface area contributed by atoms with Crippen molar-refractivity contribution in [2.75, 3.05) is 6.61 Å². The van der Waals surface area contributed by atoms with Crippen LogP contribution in [0.5, 0.6) is 17.2 Å². The van der Waals surface area contributed by atoms with Gasteiger partial charge in [-0.3, -0.25) is 9.59 Å². The molecule has 0 amide bonds. The van der Waals surface area contributed by atoms with E-state index in [2.05, 4.69) is 6.92 Å². The fraction of sp³-hybridized carbons (Fsp3) is 0.579. The van der Waals surface area contributed by atoms with E-state index in [1.165, 1.54) is 19.3 Å². The molecule has 0 aliphatic heterocycles. The lowest BCUT2D eigenvalue weighted by molar-refractivity contribution is -0.136. The normalized spacial score (nSPS) is 10.3. The molecular formula is C19H28O5. The molecule has 5 heteroatoms. The molecule has 0 fully saturated rings. The predicted molar refractivity (Wildman–Crippen MR) is 92.5 cm³/mol. The van der Waals surface area contributed by atoms with Crippen LogP contribution in [0.2, 0.25) is 0 Å². The van der Waals surface area contributed by atoms with Crippen molar-refractivity contribution in [1.29, 1.82) is 0 Å². The molecule has 0 aliphatic rings. The molecule has 0 aliphatic carbocycles. The highest BCUT2D eigenvalue weighted by atomic mass is 16.6. The van der Waals surface area contributed by atoms with Crippen LogP contribution in [0.25, 0.3) is 0 Å². The van der Waals surface area contributed by atoms with Crippen LogP contribution in [0, 0.1) is 0 Å². The summed E-state index contributed by atoms with van der Waals surface area (Å²) in [4.78, 5) is 23.0. The molecule has 1 aromatic carbocycles. The van der Waals surface area contributed by atoms with Crippen LogP contribution in [-0.2, 0) is 9.59 Å². The van der Waals surface area contributed by atoms with Gasteiger partial charge < -0.3 is 14.2 Å². The Morgan fingerprint density at radius 1 is 0.833 bits per heavy atom. The highest BCUT2D eigenvalue weighted by Crippen LogP contribution is 2.32. The number of esters is 2. The highest BCUT2D eigenvalue weighted by Gasteiger charge is 2.13. The third-order valence-corrected chi connectivity index (χ3v) is 3.46. The Labute approximate surface area is 144 Å². The molecule has 0 saturated carbocycles. The largest absolute Gasteiger partial charge is 0.493 e. The Hall–Kier alpha value is -2.04. The second kappa shape index (κ2) is 11.5. The SMILES string of the molecule is CCCCCCCOc1ccc(OC(=O)CC)c(OC(=O)CC)c1. The van der Waals surface area contributed by atoms with Gasteiger partial charge in [0, 0.05) is 18.9 Å². The molecule has 0 bridgehead atoms. The minimum atomic E-state index is -0.388. The predicted octanol–water partition coefficient (Wildman–Crippen LogP) is 4.67. The first kappa shape index (κ1) is 20.0. The van der Waals surface area contributed by atoms with Crippen LogP contribution in [0.15, 0.2) is 18.2 Å². The first-order valence-corrected chi connectivity index (χ1v) is 8.78. The van der Waals surface area contributed by atoms with Gasteiger partial charge in [0.15, 0.2) is 11.5 Å². The standard InChI is InChI=1S/C19H28O5/c1-4-7-8-9-10-13-22-15-11-12-16(23-18(20)5-2)17(14-15)24-19(21)6-3/h11-12,14H,4-10,13H2,1-3H3. The van der Waals surface area contributed by atoms with Gasteiger partial charge in [0.25, 0.3) is 0 Å². The van der Waals surface area contributed by atoms with E-state index in [-0.39, 0.29) is 36.3 Å². The lowest BCUT2D eigenvalue weighted by atomic mass is 10.2. The third-order valence-electron chi connectivity index (χ3n) is 3.46. The summed E-state index contributed by atoms with van der Waals surface area (Å²) in [5.41, 5.74) is 0. The smallest absolute Gasteiger partial charge is 0.311 e. The van der Waals surface area contributed by atoms with Crippen molar-refractivity contribution in [3.63, 3.8) is 0 Å². The number of hydrogen-bond donors (Lipinski definition) is 0. The lowest BCUT2D eigenvalue weighted by Crippen LogP contribution is -2.10. The van der Waals surface area contributed by atoms with Gasteiger partial charge in [-0.1, -0.05) is 46.5 Å². The van der Waals surface area contributed by atoms with Crippen molar-refractivity contribution in [2.24, 2.45) is 0 Å². The van der Waals surface area contributed by atoms with Crippen LogP contribution >= 0.6 is 0 Å². The first-order valence-electron chi connectivity index (χ1n) is 8.78. The Balaban J connectivity index is 2.68. The number of hydrogen-bond acceptors (Lipinski definition) is 5. The van der Waals surface area contributed by atoms with Gasteiger partial charge in [0.1, 0.15) is 5.75 Å². The van der Waals surface area contributed by atoms with E-state index in [4.69, 9.17) is 14.2 Å². The van der Waals surface area contributed by atoms with E-state index in [0.717, 1.165) is 12.8 Å². The summed E-state index contributed by atoms with van der Waals surface area (Å²) < 4.78 is 16.1. The van der Waals surface area contributed by atoms with E-state index in [1.54, 1.807) is 32.0 Å². The molecule has 0 saturated heterocycles. The zero-order valence-electron chi connectivity index (χ0n) is 14.9. The Morgan fingerprint density at radius 2 is 1.46 bits per heavy atom. The summed E-state index contributed by atoms with van der Waals surface area (Å²) in [6.07, 6.45) is 6.28. The van der Waals surface area contributed by atoms with E-state index in [1.807, 2.05) is 0 Å². The van der Waals surface area contributed by atoms with Crippen molar-refractivity contribution in [1.82, 2.24) is 0 Å². The first-order chi connectivity index (χ1) is 11.6. The molecule has 5 nitrogen and oxygen atoms in total. The number of unbranched alkanes of at least 4 members (excludes halogenated alkanes) is 4. The highest BCUT2D eigenvalue weighted by molar-refractivity contribution is 5.76. The maximum Gasteiger partial charge on any atom is 0.311 e. The summed E-state index contributed by atoms with van der Waals surface area (Å²) in [5.74, 6) is 0.278. The molecule has 0 atom stereocenters. The fourth-order valence-electron chi connectivity index (χ4n) is 2.03. The summed E-state index contributed by atoms with van der Waals surface area (Å²) in [5, 5.41) is 0. The molecular weight excluding hydrogens is 308 g/mol. The van der Waals surface area contributed by atoms with Gasteiger partial charge in [-0.25, -0.2) is 0 Å². The van der Waals surface area contributed by atoms with Crippen LogP contribution < -0.4 is 14.2 Å². The minimum Gasteiger partial charge on any atom is -0.493 e. The quantitative estimate of drug-likeness (QED) is 0.334. The number of carbonyl (C=O) groups is 2. The molecule has 0 spiro atoms. The molecule has 0 unspecified atom stereocenters. The topological polar surface area (TPSA) is 61.8 Å². The van der Waals surface area contributed by atoms with Gasteiger partial charge >= 0.3 is 11.9 Å². The van der Waals surface area contributed by atoms with Gasteiger partial charge in [-0.2, -0.15) is 0 Å². The summed E-state index contributed by atoms with van der Waals surface area (Å²) in [6, 6.07) is 4.91. The molecule has 0 heterocycles. The zero-order chi connectivity index (χ0) is 17.8. The number of rotatable bonds is 11. The van der Waals surface area contributed by atoms with Crippen LogP contribution in [0.3, 0.4) is 0 Å². The van der Waals surface area contributed by atoms with Crippen molar-refractivity contribution in [3.05, 3.63) is 18.2 Å². The molecule has 24 heavy (non-hydrogen) atoms. The van der Waals surface area contributed by atoms with Gasteiger partial charge in [-0.15, -0.1) is 0 Å².